The Balaban J connectivity index is 1.81. The second-order valence-electron chi connectivity index (χ2n) is 9.31. The molecular weight excluding hydrogens is 405 g/mol. The van der Waals surface area contributed by atoms with E-state index in [9.17, 15) is 17.6 Å². The predicted molar refractivity (Wildman–Crippen MR) is 114 cm³/mol. The van der Waals surface area contributed by atoms with E-state index in [1.807, 2.05) is 0 Å². The van der Waals surface area contributed by atoms with Crippen molar-refractivity contribution in [2.75, 3.05) is 4.72 Å². The van der Waals surface area contributed by atoms with Crippen LogP contribution in [0.25, 0.3) is 0 Å². The van der Waals surface area contributed by atoms with Gasteiger partial charge in [0.1, 0.15) is 5.82 Å². The number of hydrogen-bond donors (Lipinski definition) is 3. The summed E-state index contributed by atoms with van der Waals surface area (Å²) in [6.45, 7) is 8.60. The molecular formula is C22H29FN3O3S+. The Labute approximate surface area is 177 Å². The molecule has 2 aromatic carbocycles. The van der Waals surface area contributed by atoms with Gasteiger partial charge in [-0.2, -0.15) is 0 Å². The van der Waals surface area contributed by atoms with Gasteiger partial charge < -0.3 is 10.6 Å². The zero-order valence-electron chi connectivity index (χ0n) is 17.7. The molecule has 1 heterocycles. The molecule has 1 fully saturated rings. The molecule has 30 heavy (non-hydrogen) atoms. The molecule has 3 rings (SSSR count). The summed E-state index contributed by atoms with van der Waals surface area (Å²) in [4.78, 5) is 12.9. The van der Waals surface area contributed by atoms with Crippen LogP contribution in [0.4, 0.5) is 10.1 Å². The molecule has 1 saturated heterocycles. The van der Waals surface area contributed by atoms with E-state index in [4.69, 9.17) is 0 Å². The number of hydrogen-bond acceptors (Lipinski definition) is 3. The molecule has 0 spiro atoms. The van der Waals surface area contributed by atoms with Gasteiger partial charge in [-0.05, 0) is 64.1 Å². The topological polar surface area (TPSA) is 91.9 Å². The number of anilines is 1. The number of carbonyl (C=O) groups is 1. The molecule has 1 aliphatic rings. The number of sulfonamides is 1. The van der Waals surface area contributed by atoms with E-state index in [0.717, 1.165) is 25.0 Å². The van der Waals surface area contributed by atoms with Crippen LogP contribution < -0.4 is 15.4 Å². The second kappa shape index (κ2) is 8.00. The number of halogens is 1. The highest BCUT2D eigenvalue weighted by Gasteiger charge is 2.42. The number of amides is 1. The smallest absolute Gasteiger partial charge is 0.261 e. The second-order valence-corrected chi connectivity index (χ2v) is 11.0. The zero-order chi connectivity index (χ0) is 22.2. The van der Waals surface area contributed by atoms with Crippen LogP contribution in [0.2, 0.25) is 0 Å². The monoisotopic (exact) mass is 434 g/mol. The molecule has 0 aromatic heterocycles. The van der Waals surface area contributed by atoms with Crippen molar-refractivity contribution in [2.24, 2.45) is 0 Å². The third-order valence-electron chi connectivity index (χ3n) is 5.20. The highest BCUT2D eigenvalue weighted by atomic mass is 32.2. The molecule has 0 radical (unpaired) electrons. The molecule has 0 unspecified atom stereocenters. The third-order valence-corrected chi connectivity index (χ3v) is 6.58. The van der Waals surface area contributed by atoms with Crippen molar-refractivity contribution in [1.29, 1.82) is 0 Å². The normalized spacial score (nSPS) is 18.6. The van der Waals surface area contributed by atoms with E-state index >= 15 is 0 Å². The van der Waals surface area contributed by atoms with Crippen LogP contribution in [-0.4, -0.2) is 31.4 Å². The van der Waals surface area contributed by atoms with Crippen molar-refractivity contribution in [3.63, 3.8) is 0 Å². The number of rotatable bonds is 5. The van der Waals surface area contributed by atoms with E-state index in [-0.39, 0.29) is 39.2 Å². The fraction of sp³-hybridized carbons (Fsp3) is 0.409. The van der Waals surface area contributed by atoms with Gasteiger partial charge in [0.05, 0.1) is 27.2 Å². The van der Waals surface area contributed by atoms with Crippen LogP contribution >= 0.6 is 0 Å². The fourth-order valence-electron chi connectivity index (χ4n) is 4.47. The van der Waals surface area contributed by atoms with Gasteiger partial charge in [-0.1, -0.05) is 12.1 Å². The lowest BCUT2D eigenvalue weighted by Gasteiger charge is -2.43. The van der Waals surface area contributed by atoms with Gasteiger partial charge in [0.25, 0.3) is 15.9 Å². The number of piperidine rings is 1. The fourth-order valence-corrected chi connectivity index (χ4v) is 5.55. The average Bonchev–Trinajstić information content (AvgIpc) is 2.59. The van der Waals surface area contributed by atoms with Crippen LogP contribution in [0.3, 0.4) is 0 Å². The number of quaternary nitrogens is 1. The van der Waals surface area contributed by atoms with Gasteiger partial charge in [-0.15, -0.1) is 0 Å². The maximum absolute atomic E-state index is 13.1. The van der Waals surface area contributed by atoms with Gasteiger partial charge in [0, 0.05) is 18.9 Å². The lowest BCUT2D eigenvalue weighted by molar-refractivity contribution is -0.787. The number of nitrogens with two attached hydrogens (primary N) is 1. The lowest BCUT2D eigenvalue weighted by atomic mass is 9.79. The maximum Gasteiger partial charge on any atom is 0.261 e. The molecule has 6 nitrogen and oxygen atoms in total. The quantitative estimate of drug-likeness (QED) is 0.676. The number of para-hydroxylation sites is 1. The predicted octanol–water partition coefficient (Wildman–Crippen LogP) is 2.64. The Morgan fingerprint density at radius 2 is 1.57 bits per heavy atom. The van der Waals surface area contributed by atoms with Crippen LogP contribution in [0.1, 0.15) is 50.9 Å². The first-order chi connectivity index (χ1) is 13.9. The molecule has 1 amide bonds. The van der Waals surface area contributed by atoms with E-state index in [1.54, 1.807) is 24.3 Å². The van der Waals surface area contributed by atoms with Gasteiger partial charge >= 0.3 is 0 Å². The van der Waals surface area contributed by atoms with Crippen LogP contribution in [0.5, 0.6) is 0 Å². The van der Waals surface area contributed by atoms with Crippen molar-refractivity contribution in [2.45, 2.75) is 62.6 Å². The van der Waals surface area contributed by atoms with Crippen LogP contribution in [0, 0.1) is 5.82 Å². The molecule has 2 aromatic rings. The summed E-state index contributed by atoms with van der Waals surface area (Å²) in [7, 11) is -3.96. The van der Waals surface area contributed by atoms with Gasteiger partial charge in [0.15, 0.2) is 0 Å². The lowest BCUT2D eigenvalue weighted by Crippen LogP contribution is -3.06. The summed E-state index contributed by atoms with van der Waals surface area (Å²) in [5, 5.41) is 5.40. The Morgan fingerprint density at radius 1 is 1.00 bits per heavy atom. The molecule has 0 bridgehead atoms. The highest BCUT2D eigenvalue weighted by Crippen LogP contribution is 2.24. The Kier molecular flexibility index (Phi) is 5.93. The Morgan fingerprint density at radius 3 is 2.17 bits per heavy atom. The minimum absolute atomic E-state index is 0.0105. The van der Waals surface area contributed by atoms with Crippen molar-refractivity contribution in [1.82, 2.24) is 5.32 Å². The molecule has 4 N–H and O–H groups in total. The summed E-state index contributed by atoms with van der Waals surface area (Å²) in [5.74, 6) is -0.852. The van der Waals surface area contributed by atoms with Gasteiger partial charge in [-0.25, -0.2) is 12.8 Å². The van der Waals surface area contributed by atoms with Crippen LogP contribution in [0.15, 0.2) is 53.4 Å². The number of nitrogens with one attached hydrogen (secondary N) is 2. The first-order valence-electron chi connectivity index (χ1n) is 9.92. The molecule has 1 aliphatic heterocycles. The summed E-state index contributed by atoms with van der Waals surface area (Å²) in [6, 6.07) is 11.0. The van der Waals surface area contributed by atoms with Crippen molar-refractivity contribution < 1.29 is 22.9 Å². The summed E-state index contributed by atoms with van der Waals surface area (Å²) in [5.41, 5.74) is 0.404. The molecule has 0 saturated carbocycles. The minimum atomic E-state index is -3.96. The molecule has 8 heteroatoms. The SMILES string of the molecule is CC1(C)CC(NC(=O)c2ccccc2NS(=O)(=O)c2ccc(F)cc2)CC(C)(C)[NH2+]1. The molecule has 162 valence electrons. The Bertz CT molecular complexity index is 1020. The first kappa shape index (κ1) is 22.2. The molecule has 0 atom stereocenters. The number of carbonyl (C=O) groups excluding carboxylic acids is 1. The zero-order valence-corrected chi connectivity index (χ0v) is 18.5. The van der Waals surface area contributed by atoms with Crippen molar-refractivity contribution in [3.8, 4) is 0 Å². The maximum atomic E-state index is 13.1. The summed E-state index contributed by atoms with van der Waals surface area (Å²) in [6.07, 6.45) is 1.62. The summed E-state index contributed by atoms with van der Waals surface area (Å²) >= 11 is 0. The van der Waals surface area contributed by atoms with E-state index in [2.05, 4.69) is 43.1 Å². The van der Waals surface area contributed by atoms with E-state index in [0.29, 0.717) is 0 Å². The molecule has 0 aliphatic carbocycles. The van der Waals surface area contributed by atoms with Crippen molar-refractivity contribution >= 4 is 21.6 Å². The van der Waals surface area contributed by atoms with Gasteiger partial charge in [-0.3, -0.25) is 9.52 Å². The van der Waals surface area contributed by atoms with Crippen LogP contribution in [-0.2, 0) is 10.0 Å². The summed E-state index contributed by atoms with van der Waals surface area (Å²) < 4.78 is 40.9. The van der Waals surface area contributed by atoms with E-state index < -0.39 is 15.8 Å². The third kappa shape index (κ3) is 5.37. The number of benzene rings is 2. The van der Waals surface area contributed by atoms with Gasteiger partial charge in [0.2, 0.25) is 0 Å². The first-order valence-corrected chi connectivity index (χ1v) is 11.4. The largest absolute Gasteiger partial charge is 0.349 e. The highest BCUT2D eigenvalue weighted by molar-refractivity contribution is 7.92. The van der Waals surface area contributed by atoms with E-state index in [1.165, 1.54) is 12.1 Å². The Hall–Kier alpha value is -2.45. The minimum Gasteiger partial charge on any atom is -0.349 e. The average molecular weight is 435 g/mol. The van der Waals surface area contributed by atoms with Crippen molar-refractivity contribution in [3.05, 3.63) is 59.9 Å². The standard InChI is InChI=1S/C22H28FN3O3S/c1-21(2)13-16(14-22(3,4)26-21)24-20(27)18-7-5-6-8-19(18)25-30(28,29)17-11-9-15(23)10-12-17/h5-12,16,25-26H,13-14H2,1-4H3,(H,24,27)/p+1.